The summed E-state index contributed by atoms with van der Waals surface area (Å²) < 4.78 is 5.59. The van der Waals surface area contributed by atoms with Crippen LogP contribution in [0.5, 0.6) is 0 Å². The summed E-state index contributed by atoms with van der Waals surface area (Å²) in [7, 11) is 0. The van der Waals surface area contributed by atoms with E-state index in [0.717, 1.165) is 26.1 Å². The van der Waals surface area contributed by atoms with Gasteiger partial charge < -0.3 is 14.7 Å². The summed E-state index contributed by atoms with van der Waals surface area (Å²) in [4.78, 5) is 13.3. The highest BCUT2D eigenvalue weighted by atomic mass is 16.5. The number of hydrogen-bond acceptors (Lipinski definition) is 3. The van der Waals surface area contributed by atoms with E-state index in [1.807, 2.05) is 0 Å². The standard InChI is InChI=1S/C15H27NO3/c1-3-15(4-2)7-9-16(10-8-15)11-12-5-6-13(19-12)14(17)18/h12-13H,3-11H2,1-2H3,(H,17,18). The number of carbonyl (C=O) groups is 1. The van der Waals surface area contributed by atoms with Crippen LogP contribution in [0.3, 0.4) is 0 Å². The second kappa shape index (κ2) is 6.23. The fraction of sp³-hybridized carbons (Fsp3) is 0.933. The number of carboxylic acids is 1. The number of carboxylic acid groups (broad SMARTS) is 1. The Labute approximate surface area is 116 Å². The summed E-state index contributed by atoms with van der Waals surface area (Å²) in [6.45, 7) is 7.79. The first kappa shape index (κ1) is 14.8. The molecule has 110 valence electrons. The molecule has 0 radical (unpaired) electrons. The number of likely N-dealkylation sites (tertiary alicyclic amines) is 1. The average molecular weight is 269 g/mol. The highest BCUT2D eigenvalue weighted by Gasteiger charge is 2.35. The number of rotatable bonds is 5. The number of aliphatic carboxylic acids is 1. The summed E-state index contributed by atoms with van der Waals surface area (Å²) in [5, 5.41) is 8.93. The van der Waals surface area contributed by atoms with Gasteiger partial charge in [-0.15, -0.1) is 0 Å². The Morgan fingerprint density at radius 3 is 2.37 bits per heavy atom. The number of hydrogen-bond donors (Lipinski definition) is 1. The lowest BCUT2D eigenvalue weighted by Gasteiger charge is -2.41. The molecule has 4 heteroatoms. The van der Waals surface area contributed by atoms with Gasteiger partial charge in [-0.2, -0.15) is 0 Å². The number of ether oxygens (including phenoxy) is 1. The van der Waals surface area contributed by atoms with Gasteiger partial charge in [0.25, 0.3) is 0 Å². The maximum absolute atomic E-state index is 10.9. The van der Waals surface area contributed by atoms with Crippen molar-refractivity contribution >= 4 is 5.97 Å². The van der Waals surface area contributed by atoms with Gasteiger partial charge in [0, 0.05) is 6.54 Å². The zero-order valence-corrected chi connectivity index (χ0v) is 12.2. The van der Waals surface area contributed by atoms with Crippen LogP contribution in [0, 0.1) is 5.41 Å². The van der Waals surface area contributed by atoms with Gasteiger partial charge in [-0.1, -0.05) is 26.7 Å². The van der Waals surface area contributed by atoms with Gasteiger partial charge in [0.2, 0.25) is 0 Å². The van der Waals surface area contributed by atoms with E-state index in [9.17, 15) is 4.79 Å². The van der Waals surface area contributed by atoms with Crippen molar-refractivity contribution in [1.29, 1.82) is 0 Å². The lowest BCUT2D eigenvalue weighted by Crippen LogP contribution is -2.43. The van der Waals surface area contributed by atoms with E-state index in [2.05, 4.69) is 18.7 Å². The van der Waals surface area contributed by atoms with Crippen molar-refractivity contribution < 1.29 is 14.6 Å². The van der Waals surface area contributed by atoms with Crippen molar-refractivity contribution in [3.05, 3.63) is 0 Å². The van der Waals surface area contributed by atoms with Crippen LogP contribution in [0.1, 0.15) is 52.4 Å². The molecule has 2 rings (SSSR count). The monoisotopic (exact) mass is 269 g/mol. The van der Waals surface area contributed by atoms with E-state index in [0.29, 0.717) is 11.8 Å². The zero-order chi connectivity index (χ0) is 13.9. The molecule has 0 aromatic carbocycles. The lowest BCUT2D eigenvalue weighted by molar-refractivity contribution is -0.149. The van der Waals surface area contributed by atoms with Crippen molar-refractivity contribution in [2.45, 2.75) is 64.6 Å². The summed E-state index contributed by atoms with van der Waals surface area (Å²) in [5.41, 5.74) is 0.552. The Balaban J connectivity index is 1.76. The molecular formula is C15H27NO3. The first-order valence-electron chi connectivity index (χ1n) is 7.69. The minimum absolute atomic E-state index is 0.122. The van der Waals surface area contributed by atoms with Gasteiger partial charge in [0.15, 0.2) is 6.10 Å². The molecule has 2 heterocycles. The normalized spacial score (nSPS) is 31.5. The summed E-state index contributed by atoms with van der Waals surface area (Å²) in [6, 6.07) is 0. The average Bonchev–Trinajstić information content (AvgIpc) is 2.89. The van der Waals surface area contributed by atoms with Gasteiger partial charge in [0.1, 0.15) is 0 Å². The summed E-state index contributed by atoms with van der Waals surface area (Å²) in [6.07, 6.45) is 6.21. The molecule has 2 atom stereocenters. The lowest BCUT2D eigenvalue weighted by atomic mass is 9.74. The second-order valence-corrected chi connectivity index (χ2v) is 6.17. The molecule has 0 aromatic heterocycles. The van der Waals surface area contributed by atoms with E-state index >= 15 is 0 Å². The first-order valence-corrected chi connectivity index (χ1v) is 7.69. The fourth-order valence-electron chi connectivity index (χ4n) is 3.48. The molecule has 2 aliphatic rings. The Kier molecular flexibility index (Phi) is 4.85. The quantitative estimate of drug-likeness (QED) is 0.833. The van der Waals surface area contributed by atoms with Crippen molar-refractivity contribution in [1.82, 2.24) is 4.90 Å². The Morgan fingerprint density at radius 1 is 1.26 bits per heavy atom. The molecule has 2 unspecified atom stereocenters. The minimum Gasteiger partial charge on any atom is -0.479 e. The third kappa shape index (κ3) is 3.48. The molecule has 0 amide bonds. The largest absolute Gasteiger partial charge is 0.479 e. The van der Waals surface area contributed by atoms with Gasteiger partial charge in [-0.05, 0) is 44.2 Å². The van der Waals surface area contributed by atoms with Crippen LogP contribution in [-0.2, 0) is 9.53 Å². The van der Waals surface area contributed by atoms with Crippen LogP contribution in [-0.4, -0.2) is 47.8 Å². The van der Waals surface area contributed by atoms with E-state index in [-0.39, 0.29) is 6.10 Å². The van der Waals surface area contributed by atoms with Crippen LogP contribution < -0.4 is 0 Å². The van der Waals surface area contributed by atoms with Gasteiger partial charge >= 0.3 is 5.97 Å². The van der Waals surface area contributed by atoms with Crippen molar-refractivity contribution in [2.24, 2.45) is 5.41 Å². The predicted octanol–water partition coefficient (Wildman–Crippen LogP) is 2.52. The number of piperidine rings is 1. The zero-order valence-electron chi connectivity index (χ0n) is 12.2. The molecule has 2 fully saturated rings. The smallest absolute Gasteiger partial charge is 0.332 e. The van der Waals surface area contributed by atoms with Crippen molar-refractivity contribution in [2.75, 3.05) is 19.6 Å². The van der Waals surface area contributed by atoms with Gasteiger partial charge in [0.05, 0.1) is 6.10 Å². The summed E-state index contributed by atoms with van der Waals surface area (Å²) in [5.74, 6) is -0.808. The molecule has 0 saturated carbocycles. The fourth-order valence-corrected chi connectivity index (χ4v) is 3.48. The van der Waals surface area contributed by atoms with Gasteiger partial charge in [-0.3, -0.25) is 0 Å². The van der Waals surface area contributed by atoms with Crippen LogP contribution in [0.15, 0.2) is 0 Å². The van der Waals surface area contributed by atoms with E-state index in [4.69, 9.17) is 9.84 Å². The van der Waals surface area contributed by atoms with Crippen LogP contribution in [0.25, 0.3) is 0 Å². The molecule has 2 aliphatic heterocycles. The molecule has 0 aromatic rings. The van der Waals surface area contributed by atoms with Crippen LogP contribution in [0.2, 0.25) is 0 Å². The number of nitrogens with zero attached hydrogens (tertiary/aromatic N) is 1. The van der Waals surface area contributed by atoms with E-state index in [1.54, 1.807) is 0 Å². The third-order valence-electron chi connectivity index (χ3n) is 5.26. The Hall–Kier alpha value is -0.610. The Morgan fingerprint density at radius 2 is 1.89 bits per heavy atom. The maximum Gasteiger partial charge on any atom is 0.332 e. The van der Waals surface area contributed by atoms with E-state index < -0.39 is 12.1 Å². The second-order valence-electron chi connectivity index (χ2n) is 6.17. The maximum atomic E-state index is 10.9. The minimum atomic E-state index is -0.808. The highest BCUT2D eigenvalue weighted by Crippen LogP contribution is 2.38. The summed E-state index contributed by atoms with van der Waals surface area (Å²) >= 11 is 0. The van der Waals surface area contributed by atoms with Crippen LogP contribution >= 0.6 is 0 Å². The molecule has 0 bridgehead atoms. The third-order valence-corrected chi connectivity index (χ3v) is 5.26. The molecule has 0 aliphatic carbocycles. The molecule has 4 nitrogen and oxygen atoms in total. The SMILES string of the molecule is CCC1(CC)CCN(CC2CCC(C(=O)O)O2)CC1. The first-order chi connectivity index (χ1) is 9.08. The van der Waals surface area contributed by atoms with Gasteiger partial charge in [-0.25, -0.2) is 4.79 Å². The Bertz CT molecular complexity index is 305. The van der Waals surface area contributed by atoms with E-state index in [1.165, 1.54) is 25.7 Å². The highest BCUT2D eigenvalue weighted by molar-refractivity contribution is 5.72. The predicted molar refractivity (Wildman–Crippen MR) is 74.2 cm³/mol. The van der Waals surface area contributed by atoms with Crippen molar-refractivity contribution in [3.8, 4) is 0 Å². The molecule has 0 spiro atoms. The molecule has 2 saturated heterocycles. The molecule has 1 N–H and O–H groups in total. The topological polar surface area (TPSA) is 49.8 Å². The molecular weight excluding hydrogens is 242 g/mol. The molecule has 19 heavy (non-hydrogen) atoms. The van der Waals surface area contributed by atoms with Crippen LogP contribution in [0.4, 0.5) is 0 Å². The van der Waals surface area contributed by atoms with Crippen molar-refractivity contribution in [3.63, 3.8) is 0 Å².